The molecule has 3 aliphatic rings. The standard InChI is InChI=1S/C12H21NO/c13-6-12(7-14)4-3-10-8-1-2-9(5-8)11(10)12/h8-11,14H,1-7,13H2. The van der Waals surface area contributed by atoms with E-state index in [-0.39, 0.29) is 5.41 Å². The maximum Gasteiger partial charge on any atom is 0.0502 e. The molecule has 3 saturated carbocycles. The summed E-state index contributed by atoms with van der Waals surface area (Å²) in [4.78, 5) is 0. The van der Waals surface area contributed by atoms with Crippen molar-refractivity contribution < 1.29 is 5.11 Å². The normalized spacial score (nSPS) is 55.3. The third-order valence-corrected chi connectivity index (χ3v) is 5.49. The summed E-state index contributed by atoms with van der Waals surface area (Å²) in [6.45, 7) is 1.03. The van der Waals surface area contributed by atoms with E-state index in [0.717, 1.165) is 23.7 Å². The number of hydrogen-bond acceptors (Lipinski definition) is 2. The lowest BCUT2D eigenvalue weighted by molar-refractivity contribution is 0.0508. The zero-order chi connectivity index (χ0) is 9.76. The molecule has 0 heterocycles. The van der Waals surface area contributed by atoms with E-state index in [0.29, 0.717) is 13.2 Å². The van der Waals surface area contributed by atoms with Crippen molar-refractivity contribution in [2.45, 2.75) is 32.1 Å². The van der Waals surface area contributed by atoms with Crippen LogP contribution in [0.15, 0.2) is 0 Å². The molecule has 3 fully saturated rings. The number of fused-ring (bicyclic) bond motifs is 5. The first-order chi connectivity index (χ1) is 6.80. The summed E-state index contributed by atoms with van der Waals surface area (Å²) in [5.74, 6) is 3.59. The highest BCUT2D eigenvalue weighted by Gasteiger charge is 2.58. The van der Waals surface area contributed by atoms with E-state index in [4.69, 9.17) is 5.73 Å². The molecule has 0 amide bonds. The molecule has 0 spiro atoms. The highest BCUT2D eigenvalue weighted by atomic mass is 16.3. The van der Waals surface area contributed by atoms with Gasteiger partial charge in [0.05, 0.1) is 6.61 Å². The maximum absolute atomic E-state index is 9.61. The summed E-state index contributed by atoms with van der Waals surface area (Å²) in [5, 5.41) is 9.61. The number of rotatable bonds is 2. The van der Waals surface area contributed by atoms with Gasteiger partial charge in [-0.25, -0.2) is 0 Å². The fourth-order valence-corrected chi connectivity index (χ4v) is 4.89. The van der Waals surface area contributed by atoms with Crippen molar-refractivity contribution in [2.24, 2.45) is 34.8 Å². The topological polar surface area (TPSA) is 46.2 Å². The Morgan fingerprint density at radius 3 is 2.71 bits per heavy atom. The summed E-state index contributed by atoms with van der Waals surface area (Å²) in [6.07, 6.45) is 6.83. The van der Waals surface area contributed by atoms with Crippen LogP contribution in [-0.4, -0.2) is 18.3 Å². The highest BCUT2D eigenvalue weighted by Crippen LogP contribution is 2.64. The van der Waals surface area contributed by atoms with Gasteiger partial charge in [-0.2, -0.15) is 0 Å². The fraction of sp³-hybridized carbons (Fsp3) is 1.00. The van der Waals surface area contributed by atoms with E-state index >= 15 is 0 Å². The SMILES string of the molecule is NCC1(CO)CCC2C3CCC(C3)C21. The Morgan fingerprint density at radius 1 is 1.21 bits per heavy atom. The van der Waals surface area contributed by atoms with Crippen molar-refractivity contribution in [3.8, 4) is 0 Å². The molecule has 0 aromatic carbocycles. The predicted octanol–water partition coefficient (Wildman–Crippen LogP) is 1.38. The minimum absolute atomic E-state index is 0.116. The van der Waals surface area contributed by atoms with Gasteiger partial charge in [-0.3, -0.25) is 0 Å². The minimum atomic E-state index is 0.116. The van der Waals surface area contributed by atoms with Crippen LogP contribution in [0, 0.1) is 29.1 Å². The molecule has 0 aromatic rings. The predicted molar refractivity (Wildman–Crippen MR) is 55.6 cm³/mol. The maximum atomic E-state index is 9.61. The molecule has 5 unspecified atom stereocenters. The molecule has 2 heteroatoms. The summed E-state index contributed by atoms with van der Waals surface area (Å²) >= 11 is 0. The number of hydrogen-bond donors (Lipinski definition) is 2. The van der Waals surface area contributed by atoms with E-state index in [1.54, 1.807) is 0 Å². The Labute approximate surface area is 85.9 Å². The van der Waals surface area contributed by atoms with Gasteiger partial charge in [-0.15, -0.1) is 0 Å². The summed E-state index contributed by atoms with van der Waals surface area (Å²) in [5.41, 5.74) is 6.02. The van der Waals surface area contributed by atoms with E-state index in [9.17, 15) is 5.11 Å². The van der Waals surface area contributed by atoms with E-state index in [1.807, 2.05) is 0 Å². The van der Waals surface area contributed by atoms with E-state index < -0.39 is 0 Å². The molecule has 2 bridgehead atoms. The van der Waals surface area contributed by atoms with Crippen molar-refractivity contribution in [3.05, 3.63) is 0 Å². The first-order valence-electron chi connectivity index (χ1n) is 6.12. The highest BCUT2D eigenvalue weighted by molar-refractivity contribution is 5.08. The van der Waals surface area contributed by atoms with Crippen molar-refractivity contribution in [1.82, 2.24) is 0 Å². The van der Waals surface area contributed by atoms with Crippen molar-refractivity contribution >= 4 is 0 Å². The van der Waals surface area contributed by atoms with Gasteiger partial charge in [0, 0.05) is 12.0 Å². The smallest absolute Gasteiger partial charge is 0.0502 e. The molecule has 80 valence electrons. The van der Waals surface area contributed by atoms with Crippen LogP contribution in [0.2, 0.25) is 0 Å². The molecule has 2 nitrogen and oxygen atoms in total. The average Bonchev–Trinajstić information content (AvgIpc) is 2.90. The molecular formula is C12H21NO. The molecule has 3 rings (SSSR count). The second kappa shape index (κ2) is 2.96. The molecule has 3 aliphatic carbocycles. The molecule has 5 atom stereocenters. The Morgan fingerprint density at radius 2 is 2.00 bits per heavy atom. The van der Waals surface area contributed by atoms with E-state index in [2.05, 4.69) is 0 Å². The van der Waals surface area contributed by atoms with Gasteiger partial charge in [0.25, 0.3) is 0 Å². The Hall–Kier alpha value is -0.0800. The average molecular weight is 195 g/mol. The first-order valence-corrected chi connectivity index (χ1v) is 6.12. The lowest BCUT2D eigenvalue weighted by Crippen LogP contribution is -2.41. The monoisotopic (exact) mass is 195 g/mol. The van der Waals surface area contributed by atoms with Gasteiger partial charge < -0.3 is 10.8 Å². The Balaban J connectivity index is 1.91. The third kappa shape index (κ3) is 0.938. The summed E-state index contributed by atoms with van der Waals surface area (Å²) in [6, 6.07) is 0. The second-order valence-electron chi connectivity index (χ2n) is 5.79. The summed E-state index contributed by atoms with van der Waals surface area (Å²) < 4.78 is 0. The molecule has 0 aliphatic heterocycles. The van der Waals surface area contributed by atoms with Crippen LogP contribution in [0.3, 0.4) is 0 Å². The minimum Gasteiger partial charge on any atom is -0.396 e. The Bertz CT molecular complexity index is 236. The van der Waals surface area contributed by atoms with Crippen LogP contribution >= 0.6 is 0 Å². The number of aliphatic hydroxyl groups is 1. The van der Waals surface area contributed by atoms with Gasteiger partial charge >= 0.3 is 0 Å². The molecule has 3 N–H and O–H groups in total. The Kier molecular flexibility index (Phi) is 1.94. The van der Waals surface area contributed by atoms with Crippen LogP contribution in [0.1, 0.15) is 32.1 Å². The van der Waals surface area contributed by atoms with Gasteiger partial charge in [0.15, 0.2) is 0 Å². The van der Waals surface area contributed by atoms with Crippen LogP contribution in [0.4, 0.5) is 0 Å². The quantitative estimate of drug-likeness (QED) is 0.699. The van der Waals surface area contributed by atoms with Crippen molar-refractivity contribution in [3.63, 3.8) is 0 Å². The molecule has 0 radical (unpaired) electrons. The summed E-state index contributed by atoms with van der Waals surface area (Å²) in [7, 11) is 0. The number of nitrogens with two attached hydrogens (primary N) is 1. The van der Waals surface area contributed by atoms with Gasteiger partial charge in [-0.1, -0.05) is 0 Å². The van der Waals surface area contributed by atoms with Gasteiger partial charge in [0.2, 0.25) is 0 Å². The third-order valence-electron chi connectivity index (χ3n) is 5.49. The van der Waals surface area contributed by atoms with Crippen LogP contribution < -0.4 is 5.73 Å². The van der Waals surface area contributed by atoms with Gasteiger partial charge in [0.1, 0.15) is 0 Å². The second-order valence-corrected chi connectivity index (χ2v) is 5.79. The van der Waals surface area contributed by atoms with Crippen LogP contribution in [-0.2, 0) is 0 Å². The van der Waals surface area contributed by atoms with Crippen LogP contribution in [0.5, 0.6) is 0 Å². The molecular weight excluding hydrogens is 174 g/mol. The lowest BCUT2D eigenvalue weighted by Gasteiger charge is -2.37. The van der Waals surface area contributed by atoms with Gasteiger partial charge in [-0.05, 0) is 55.8 Å². The largest absolute Gasteiger partial charge is 0.396 e. The zero-order valence-electron chi connectivity index (χ0n) is 8.78. The lowest BCUT2D eigenvalue weighted by atomic mass is 9.69. The fourth-order valence-electron chi connectivity index (χ4n) is 4.89. The van der Waals surface area contributed by atoms with Crippen molar-refractivity contribution in [2.75, 3.05) is 13.2 Å². The first kappa shape index (κ1) is 9.17. The molecule has 14 heavy (non-hydrogen) atoms. The molecule has 0 aromatic heterocycles. The van der Waals surface area contributed by atoms with E-state index in [1.165, 1.54) is 32.1 Å². The van der Waals surface area contributed by atoms with Crippen molar-refractivity contribution in [1.29, 1.82) is 0 Å². The van der Waals surface area contributed by atoms with Crippen LogP contribution in [0.25, 0.3) is 0 Å². The molecule has 0 saturated heterocycles. The zero-order valence-corrected chi connectivity index (χ0v) is 8.78. The number of aliphatic hydroxyl groups excluding tert-OH is 1.